The highest BCUT2D eigenvalue weighted by atomic mass is 32.2. The summed E-state index contributed by atoms with van der Waals surface area (Å²) in [5.41, 5.74) is 3.16. The van der Waals surface area contributed by atoms with E-state index >= 15 is 0 Å². The lowest BCUT2D eigenvalue weighted by atomic mass is 10.1. The van der Waals surface area contributed by atoms with Crippen molar-refractivity contribution in [3.8, 4) is 11.8 Å². The zero-order chi connectivity index (χ0) is 17.1. The summed E-state index contributed by atoms with van der Waals surface area (Å²) < 4.78 is 3.16. The van der Waals surface area contributed by atoms with E-state index in [9.17, 15) is 15.4 Å². The summed E-state index contributed by atoms with van der Waals surface area (Å²) in [5.74, 6) is 0.160. The molecule has 7 nitrogen and oxygen atoms in total. The Morgan fingerprint density at radius 2 is 2.12 bits per heavy atom. The van der Waals surface area contributed by atoms with Crippen LogP contribution in [0.2, 0.25) is 0 Å². The minimum Gasteiger partial charge on any atom is -0.358 e. The van der Waals surface area contributed by atoms with Crippen molar-refractivity contribution in [3.63, 3.8) is 0 Å². The largest absolute Gasteiger partial charge is 0.358 e. The predicted molar refractivity (Wildman–Crippen MR) is 91.3 cm³/mol. The van der Waals surface area contributed by atoms with Gasteiger partial charge in [-0.3, -0.25) is 4.84 Å². The third kappa shape index (κ3) is 2.98. The highest BCUT2D eigenvalue weighted by molar-refractivity contribution is 8.00. The number of aromatic nitrogens is 1. The van der Waals surface area contributed by atoms with Crippen LogP contribution in [-0.2, 0) is 0 Å². The first-order valence-corrected chi connectivity index (χ1v) is 7.77. The molecule has 1 aromatic heterocycles. The number of para-hydroxylation sites is 1. The van der Waals surface area contributed by atoms with E-state index in [0.717, 1.165) is 22.2 Å². The second-order valence-electron chi connectivity index (χ2n) is 4.96. The molecular weight excluding hydrogens is 328 g/mol. The van der Waals surface area contributed by atoms with Crippen LogP contribution in [0.1, 0.15) is 11.1 Å². The van der Waals surface area contributed by atoms with E-state index in [1.54, 1.807) is 24.4 Å². The Bertz CT molecular complexity index is 962. The molecule has 24 heavy (non-hydrogen) atoms. The molecule has 0 saturated carbocycles. The van der Waals surface area contributed by atoms with Gasteiger partial charge in [0.25, 0.3) is 5.09 Å². The van der Waals surface area contributed by atoms with E-state index in [-0.39, 0.29) is 5.75 Å². The van der Waals surface area contributed by atoms with Crippen molar-refractivity contribution in [1.82, 2.24) is 4.98 Å². The Labute approximate surface area is 141 Å². The summed E-state index contributed by atoms with van der Waals surface area (Å²) in [4.78, 5) is 18.8. The summed E-state index contributed by atoms with van der Waals surface area (Å²) in [6.45, 7) is 1.94. The maximum atomic E-state index is 10.6. The van der Waals surface area contributed by atoms with E-state index in [0.29, 0.717) is 10.5 Å². The SMILES string of the molecule is Cc1ccc(NSc2ccccc2O[N+](=O)[O-])c2[nH]cc(C#N)c12. The summed E-state index contributed by atoms with van der Waals surface area (Å²) in [6.07, 6.45) is 1.66. The van der Waals surface area contributed by atoms with Gasteiger partial charge in [-0.15, -0.1) is 10.1 Å². The molecule has 0 atom stereocenters. The van der Waals surface area contributed by atoms with Crippen molar-refractivity contribution in [2.75, 3.05) is 4.72 Å². The molecular formula is C16H12N4O3S. The topological polar surface area (TPSA) is 104 Å². The van der Waals surface area contributed by atoms with E-state index in [4.69, 9.17) is 0 Å². The maximum absolute atomic E-state index is 10.6. The molecule has 2 N–H and O–H groups in total. The van der Waals surface area contributed by atoms with Crippen LogP contribution < -0.4 is 9.56 Å². The van der Waals surface area contributed by atoms with E-state index < -0.39 is 5.09 Å². The third-order valence-electron chi connectivity index (χ3n) is 3.46. The predicted octanol–water partition coefficient (Wildman–Crippen LogP) is 4.04. The van der Waals surface area contributed by atoms with Crippen molar-refractivity contribution in [2.45, 2.75) is 11.8 Å². The molecule has 3 aromatic rings. The van der Waals surface area contributed by atoms with Gasteiger partial charge in [-0.05, 0) is 42.6 Å². The van der Waals surface area contributed by atoms with Crippen LogP contribution in [0.3, 0.4) is 0 Å². The lowest BCUT2D eigenvalue weighted by molar-refractivity contribution is -0.711. The van der Waals surface area contributed by atoms with Crippen molar-refractivity contribution in [3.05, 3.63) is 63.8 Å². The summed E-state index contributed by atoms with van der Waals surface area (Å²) >= 11 is 1.20. The molecule has 0 aliphatic heterocycles. The normalized spacial score (nSPS) is 10.3. The third-order valence-corrected chi connectivity index (χ3v) is 4.34. The van der Waals surface area contributed by atoms with Crippen molar-refractivity contribution < 1.29 is 9.92 Å². The van der Waals surface area contributed by atoms with Crippen molar-refractivity contribution >= 4 is 28.5 Å². The van der Waals surface area contributed by atoms with Crippen LogP contribution in [0.15, 0.2) is 47.5 Å². The fraction of sp³-hybridized carbons (Fsp3) is 0.0625. The fourth-order valence-corrected chi connectivity index (χ4v) is 3.14. The zero-order valence-corrected chi connectivity index (χ0v) is 13.4. The number of fused-ring (bicyclic) bond motifs is 1. The highest BCUT2D eigenvalue weighted by Crippen LogP contribution is 2.34. The molecule has 0 aliphatic carbocycles. The smallest absolute Gasteiger partial charge is 0.299 e. The first kappa shape index (κ1) is 15.7. The average molecular weight is 340 g/mol. The number of hydrogen-bond donors (Lipinski definition) is 2. The maximum Gasteiger partial charge on any atom is 0.299 e. The van der Waals surface area contributed by atoms with Gasteiger partial charge in [-0.2, -0.15) is 5.26 Å². The van der Waals surface area contributed by atoms with Gasteiger partial charge in [0.05, 0.1) is 21.7 Å². The van der Waals surface area contributed by atoms with Crippen LogP contribution in [0.25, 0.3) is 10.9 Å². The van der Waals surface area contributed by atoms with Crippen LogP contribution in [0.5, 0.6) is 5.75 Å². The van der Waals surface area contributed by atoms with Gasteiger partial charge in [0.15, 0.2) is 0 Å². The molecule has 120 valence electrons. The highest BCUT2D eigenvalue weighted by Gasteiger charge is 2.12. The first-order chi connectivity index (χ1) is 11.6. The van der Waals surface area contributed by atoms with E-state index in [1.165, 1.54) is 18.0 Å². The number of H-pyrrole nitrogens is 1. The van der Waals surface area contributed by atoms with Gasteiger partial charge in [0.2, 0.25) is 0 Å². The van der Waals surface area contributed by atoms with Crippen LogP contribution in [0, 0.1) is 28.4 Å². The second-order valence-corrected chi connectivity index (χ2v) is 5.81. The van der Waals surface area contributed by atoms with Crippen LogP contribution >= 0.6 is 11.9 Å². The second kappa shape index (κ2) is 6.52. The molecule has 0 amide bonds. The lowest BCUT2D eigenvalue weighted by Crippen LogP contribution is -2.04. The number of anilines is 1. The van der Waals surface area contributed by atoms with Gasteiger partial charge in [0, 0.05) is 11.6 Å². The van der Waals surface area contributed by atoms with E-state index in [1.807, 2.05) is 19.1 Å². The zero-order valence-electron chi connectivity index (χ0n) is 12.6. The first-order valence-electron chi connectivity index (χ1n) is 6.95. The number of nitriles is 1. The Balaban J connectivity index is 1.90. The van der Waals surface area contributed by atoms with Crippen LogP contribution in [-0.4, -0.2) is 10.1 Å². The molecule has 0 spiro atoms. The number of hydrogen-bond acceptors (Lipinski definition) is 6. The lowest BCUT2D eigenvalue weighted by Gasteiger charge is -2.10. The molecule has 2 aromatic carbocycles. The van der Waals surface area contributed by atoms with Crippen molar-refractivity contribution in [1.29, 1.82) is 5.26 Å². The molecule has 0 saturated heterocycles. The Morgan fingerprint density at radius 3 is 2.88 bits per heavy atom. The molecule has 8 heteroatoms. The number of nitrogens with one attached hydrogen (secondary N) is 2. The minimum atomic E-state index is -0.840. The van der Waals surface area contributed by atoms with E-state index in [2.05, 4.69) is 20.6 Å². The standard InChI is InChI=1S/C16H12N4O3S/c1-10-6-7-12(16-15(10)11(8-17)9-18-16)19-24-14-5-3-2-4-13(14)23-20(21)22/h2-7,9,18-19H,1H3. The molecule has 3 rings (SSSR count). The van der Waals surface area contributed by atoms with Gasteiger partial charge in [-0.25, -0.2) is 0 Å². The molecule has 0 aliphatic rings. The minimum absolute atomic E-state index is 0.160. The monoisotopic (exact) mass is 340 g/mol. The molecule has 0 radical (unpaired) electrons. The summed E-state index contributed by atoms with van der Waals surface area (Å²) in [5, 5.41) is 19.8. The quantitative estimate of drug-likeness (QED) is 0.413. The van der Waals surface area contributed by atoms with Gasteiger partial charge >= 0.3 is 0 Å². The number of benzene rings is 2. The summed E-state index contributed by atoms with van der Waals surface area (Å²) in [6, 6.07) is 12.6. The Morgan fingerprint density at radius 1 is 1.33 bits per heavy atom. The van der Waals surface area contributed by atoms with Crippen LogP contribution in [0.4, 0.5) is 5.69 Å². The van der Waals surface area contributed by atoms with Gasteiger partial charge in [-0.1, -0.05) is 18.2 Å². The van der Waals surface area contributed by atoms with Gasteiger partial charge < -0.3 is 9.71 Å². The molecule has 1 heterocycles. The van der Waals surface area contributed by atoms with Gasteiger partial charge in [0.1, 0.15) is 11.8 Å². The average Bonchev–Trinajstić information content (AvgIpc) is 3.00. The Kier molecular flexibility index (Phi) is 4.26. The molecule has 0 unspecified atom stereocenters. The Hall–Kier alpha value is -3.18. The number of aromatic amines is 1. The summed E-state index contributed by atoms with van der Waals surface area (Å²) in [7, 11) is 0. The molecule has 0 fully saturated rings. The number of rotatable bonds is 5. The number of aryl methyl sites for hydroxylation is 1. The van der Waals surface area contributed by atoms with Crippen molar-refractivity contribution in [2.24, 2.45) is 0 Å². The number of nitrogens with zero attached hydrogens (tertiary/aromatic N) is 2. The molecule has 0 bridgehead atoms. The fourth-order valence-electron chi connectivity index (χ4n) is 2.39.